The van der Waals surface area contributed by atoms with Crippen molar-refractivity contribution >= 4 is 22.2 Å². The molecule has 0 aliphatic heterocycles. The first-order valence-corrected chi connectivity index (χ1v) is 7.56. The molecule has 2 heterocycles. The van der Waals surface area contributed by atoms with Crippen LogP contribution in [0.1, 0.15) is 23.3 Å². The maximum Gasteiger partial charge on any atom is 0.271 e. The highest BCUT2D eigenvalue weighted by Crippen LogP contribution is 2.28. The number of nitrogens with zero attached hydrogens (tertiary/aromatic N) is 2. The summed E-state index contributed by atoms with van der Waals surface area (Å²) in [5, 5.41) is 2.92. The zero-order valence-electron chi connectivity index (χ0n) is 11.0. The van der Waals surface area contributed by atoms with Crippen molar-refractivity contribution in [2.75, 3.05) is 0 Å². The maximum atomic E-state index is 12.9. The molecule has 6 heteroatoms. The number of imidazole rings is 1. The van der Waals surface area contributed by atoms with E-state index in [9.17, 15) is 9.18 Å². The van der Waals surface area contributed by atoms with E-state index >= 15 is 0 Å². The van der Waals surface area contributed by atoms with Gasteiger partial charge in [-0.1, -0.05) is 23.5 Å². The summed E-state index contributed by atoms with van der Waals surface area (Å²) in [6, 6.07) is 6.67. The predicted molar refractivity (Wildman–Crippen MR) is 79.0 cm³/mol. The molecule has 1 aliphatic carbocycles. The Labute approximate surface area is 124 Å². The van der Waals surface area contributed by atoms with Crippen molar-refractivity contribution in [3.8, 4) is 10.4 Å². The summed E-state index contributed by atoms with van der Waals surface area (Å²) in [5.74, 6) is -0.365. The van der Waals surface area contributed by atoms with Crippen LogP contribution in [0.4, 0.5) is 4.39 Å². The molecule has 1 aliphatic rings. The minimum absolute atomic E-state index is 0.114. The molecular weight excluding hydrogens is 289 g/mol. The molecule has 0 radical (unpaired) electrons. The van der Waals surface area contributed by atoms with Crippen molar-refractivity contribution in [2.24, 2.45) is 0 Å². The Bertz CT molecular complexity index is 786. The van der Waals surface area contributed by atoms with Gasteiger partial charge in [-0.2, -0.15) is 0 Å². The lowest BCUT2D eigenvalue weighted by Crippen LogP contribution is -2.25. The van der Waals surface area contributed by atoms with E-state index in [0.717, 1.165) is 28.2 Å². The zero-order chi connectivity index (χ0) is 14.4. The third-order valence-electron chi connectivity index (χ3n) is 3.43. The van der Waals surface area contributed by atoms with Crippen molar-refractivity contribution < 1.29 is 9.18 Å². The van der Waals surface area contributed by atoms with Crippen molar-refractivity contribution in [2.45, 2.75) is 18.9 Å². The van der Waals surface area contributed by atoms with Crippen molar-refractivity contribution in [3.63, 3.8) is 0 Å². The fraction of sp³-hybridized carbons (Fsp3) is 0.200. The number of benzene rings is 1. The molecule has 1 saturated carbocycles. The number of halogens is 1. The van der Waals surface area contributed by atoms with Gasteiger partial charge in [0.05, 0.1) is 4.88 Å². The molecule has 0 saturated heterocycles. The monoisotopic (exact) mass is 301 g/mol. The van der Waals surface area contributed by atoms with Crippen LogP contribution in [0.3, 0.4) is 0 Å². The van der Waals surface area contributed by atoms with E-state index in [1.165, 1.54) is 23.5 Å². The van der Waals surface area contributed by atoms with E-state index < -0.39 is 0 Å². The summed E-state index contributed by atoms with van der Waals surface area (Å²) >= 11 is 1.48. The first-order valence-electron chi connectivity index (χ1n) is 6.74. The van der Waals surface area contributed by atoms with Gasteiger partial charge in [-0.15, -0.1) is 0 Å². The van der Waals surface area contributed by atoms with E-state index in [0.29, 0.717) is 11.7 Å². The van der Waals surface area contributed by atoms with Gasteiger partial charge in [0.2, 0.25) is 0 Å². The van der Waals surface area contributed by atoms with Crippen LogP contribution in [0.25, 0.3) is 15.4 Å². The van der Waals surface area contributed by atoms with E-state index in [2.05, 4.69) is 10.3 Å². The van der Waals surface area contributed by atoms with Gasteiger partial charge in [0, 0.05) is 18.4 Å². The molecule has 0 atom stereocenters. The normalized spacial score (nSPS) is 14.5. The molecule has 0 spiro atoms. The van der Waals surface area contributed by atoms with Gasteiger partial charge in [0.15, 0.2) is 4.96 Å². The van der Waals surface area contributed by atoms with Crippen LogP contribution < -0.4 is 5.32 Å². The van der Waals surface area contributed by atoms with Gasteiger partial charge in [-0.3, -0.25) is 9.20 Å². The second kappa shape index (κ2) is 4.66. The highest BCUT2D eigenvalue weighted by Gasteiger charge is 2.25. The molecule has 2 aromatic heterocycles. The lowest BCUT2D eigenvalue weighted by atomic mass is 10.2. The van der Waals surface area contributed by atoms with Crippen molar-refractivity contribution in [3.05, 3.63) is 48.2 Å². The SMILES string of the molecule is O=C(NC1CC1)c1cn2cc(-c3ccc(F)cc3)sc2n1. The number of rotatable bonds is 3. The summed E-state index contributed by atoms with van der Waals surface area (Å²) in [7, 11) is 0. The highest BCUT2D eigenvalue weighted by atomic mass is 32.1. The zero-order valence-corrected chi connectivity index (χ0v) is 11.9. The number of amides is 1. The number of hydrogen-bond acceptors (Lipinski definition) is 3. The van der Waals surface area contributed by atoms with Crippen molar-refractivity contribution in [1.29, 1.82) is 0 Å². The van der Waals surface area contributed by atoms with Crippen LogP contribution in [0, 0.1) is 5.82 Å². The van der Waals surface area contributed by atoms with Gasteiger partial charge in [0.25, 0.3) is 5.91 Å². The van der Waals surface area contributed by atoms with E-state index in [1.807, 2.05) is 10.6 Å². The maximum absolute atomic E-state index is 12.9. The number of thiazole rings is 1. The Hall–Kier alpha value is -2.21. The number of nitrogens with one attached hydrogen (secondary N) is 1. The van der Waals surface area contributed by atoms with Crippen LogP contribution in [-0.2, 0) is 0 Å². The molecule has 21 heavy (non-hydrogen) atoms. The minimum Gasteiger partial charge on any atom is -0.348 e. The topological polar surface area (TPSA) is 46.4 Å². The fourth-order valence-corrected chi connectivity index (χ4v) is 3.11. The average molecular weight is 301 g/mol. The molecule has 0 bridgehead atoms. The quantitative estimate of drug-likeness (QED) is 0.808. The molecule has 1 amide bonds. The van der Waals surface area contributed by atoms with E-state index in [-0.39, 0.29) is 11.7 Å². The van der Waals surface area contributed by atoms with Gasteiger partial charge < -0.3 is 5.32 Å². The second-order valence-corrected chi connectivity index (χ2v) is 6.18. The third kappa shape index (κ3) is 2.42. The summed E-state index contributed by atoms with van der Waals surface area (Å²) in [5.41, 5.74) is 1.38. The Morgan fingerprint density at radius 1 is 1.29 bits per heavy atom. The van der Waals surface area contributed by atoms with E-state index in [1.54, 1.807) is 18.3 Å². The number of fused-ring (bicyclic) bond motifs is 1. The molecule has 106 valence electrons. The van der Waals surface area contributed by atoms with Crippen molar-refractivity contribution in [1.82, 2.24) is 14.7 Å². The lowest BCUT2D eigenvalue weighted by Gasteiger charge is -1.98. The Morgan fingerprint density at radius 3 is 2.71 bits per heavy atom. The molecular formula is C15H12FN3OS. The van der Waals surface area contributed by atoms with Gasteiger partial charge in [-0.25, -0.2) is 9.37 Å². The largest absolute Gasteiger partial charge is 0.348 e. The molecule has 1 aromatic carbocycles. The van der Waals surface area contributed by atoms with Gasteiger partial charge >= 0.3 is 0 Å². The molecule has 3 aromatic rings. The minimum atomic E-state index is -0.251. The predicted octanol–water partition coefficient (Wildman–Crippen LogP) is 3.09. The number of carbonyl (C=O) groups excluding carboxylic acids is 1. The Morgan fingerprint density at radius 2 is 2.05 bits per heavy atom. The molecule has 4 nitrogen and oxygen atoms in total. The van der Waals surface area contributed by atoms with Crippen LogP contribution in [-0.4, -0.2) is 21.3 Å². The summed E-state index contributed by atoms with van der Waals surface area (Å²) in [4.78, 5) is 18.0. The molecule has 4 rings (SSSR count). The highest BCUT2D eigenvalue weighted by molar-refractivity contribution is 7.20. The summed E-state index contributed by atoms with van der Waals surface area (Å²) in [6.45, 7) is 0. The van der Waals surface area contributed by atoms with Gasteiger partial charge in [-0.05, 0) is 30.5 Å². The first-order chi connectivity index (χ1) is 10.2. The first kappa shape index (κ1) is 12.5. The smallest absolute Gasteiger partial charge is 0.271 e. The molecule has 1 N–H and O–H groups in total. The van der Waals surface area contributed by atoms with Gasteiger partial charge in [0.1, 0.15) is 11.5 Å². The van der Waals surface area contributed by atoms with Crippen LogP contribution in [0.5, 0.6) is 0 Å². The standard InChI is InChI=1S/C15H12FN3OS/c16-10-3-1-9(2-4-10)13-8-19-7-12(18-15(19)21-13)14(20)17-11-5-6-11/h1-4,7-8,11H,5-6H2,(H,17,20). The summed E-state index contributed by atoms with van der Waals surface area (Å²) < 4.78 is 14.8. The molecule has 0 unspecified atom stereocenters. The van der Waals surface area contributed by atoms with Crippen LogP contribution in [0.2, 0.25) is 0 Å². The fourth-order valence-electron chi connectivity index (χ4n) is 2.14. The number of aromatic nitrogens is 2. The van der Waals surface area contributed by atoms with Crippen LogP contribution >= 0.6 is 11.3 Å². The van der Waals surface area contributed by atoms with E-state index in [4.69, 9.17) is 0 Å². The summed E-state index contributed by atoms with van der Waals surface area (Å²) in [6.07, 6.45) is 5.76. The average Bonchev–Trinajstić information content (AvgIpc) is 3.05. The third-order valence-corrected chi connectivity index (χ3v) is 4.48. The number of carbonyl (C=O) groups is 1. The van der Waals surface area contributed by atoms with Crippen LogP contribution in [0.15, 0.2) is 36.7 Å². The number of hydrogen-bond donors (Lipinski definition) is 1. The molecule has 1 fully saturated rings. The lowest BCUT2D eigenvalue weighted by molar-refractivity contribution is 0.0946. The Kier molecular flexibility index (Phi) is 2.78. The Balaban J connectivity index is 1.63. The second-order valence-electron chi connectivity index (χ2n) is 5.17.